The fourth-order valence-electron chi connectivity index (χ4n) is 2.94. The molecule has 24 heavy (non-hydrogen) atoms. The van der Waals surface area contributed by atoms with Crippen LogP contribution in [0, 0.1) is 5.82 Å². The van der Waals surface area contributed by atoms with E-state index >= 15 is 0 Å². The number of hydrogen-bond donors (Lipinski definition) is 1. The largest absolute Gasteiger partial charge is 0.457 e. The van der Waals surface area contributed by atoms with Gasteiger partial charge in [0.15, 0.2) is 0 Å². The predicted molar refractivity (Wildman–Crippen MR) is 81.3 cm³/mol. The molecule has 1 aliphatic rings. The van der Waals surface area contributed by atoms with E-state index in [1.165, 1.54) is 24.3 Å². The molecule has 2 nitrogen and oxygen atoms in total. The van der Waals surface area contributed by atoms with Gasteiger partial charge in [0.2, 0.25) is 0 Å². The molecule has 0 radical (unpaired) electrons. The van der Waals surface area contributed by atoms with Crippen LogP contribution >= 0.6 is 0 Å². The molecule has 1 unspecified atom stereocenters. The molecule has 1 atom stereocenters. The Bertz CT molecular complexity index is 796. The number of hydrogen-bond acceptors (Lipinski definition) is 2. The molecule has 126 valence electrons. The maximum absolute atomic E-state index is 13.6. The molecule has 0 aromatic heterocycles. The summed E-state index contributed by atoms with van der Waals surface area (Å²) in [6.45, 7) is 3.55. The van der Waals surface area contributed by atoms with Crippen molar-refractivity contribution in [2.24, 2.45) is 0 Å². The van der Waals surface area contributed by atoms with Gasteiger partial charge in [-0.2, -0.15) is 13.2 Å². The first-order valence-corrected chi connectivity index (χ1v) is 7.31. The zero-order valence-corrected chi connectivity index (χ0v) is 12.5. The SMILES string of the molecule is C=Cc1cc(F)cc(Oc2ccc(C(F)(F)F)c3c2CCC3O)c1. The van der Waals surface area contributed by atoms with Gasteiger partial charge in [-0.25, -0.2) is 4.39 Å². The van der Waals surface area contributed by atoms with E-state index in [-0.39, 0.29) is 29.9 Å². The molecule has 0 fully saturated rings. The van der Waals surface area contributed by atoms with Gasteiger partial charge >= 0.3 is 6.18 Å². The molecule has 0 bridgehead atoms. The minimum Gasteiger partial charge on any atom is -0.457 e. The van der Waals surface area contributed by atoms with E-state index in [1.54, 1.807) is 0 Å². The van der Waals surface area contributed by atoms with Crippen LogP contribution in [0.4, 0.5) is 17.6 Å². The summed E-state index contributed by atoms with van der Waals surface area (Å²) in [5.74, 6) is -0.186. The van der Waals surface area contributed by atoms with Crippen molar-refractivity contribution < 1.29 is 27.4 Å². The molecule has 2 aromatic rings. The van der Waals surface area contributed by atoms with Crippen LogP contribution in [-0.2, 0) is 12.6 Å². The van der Waals surface area contributed by atoms with Gasteiger partial charge in [0.25, 0.3) is 0 Å². The summed E-state index contributed by atoms with van der Waals surface area (Å²) in [4.78, 5) is 0. The number of aliphatic hydroxyl groups is 1. The highest BCUT2D eigenvalue weighted by Crippen LogP contribution is 2.45. The highest BCUT2D eigenvalue weighted by Gasteiger charge is 2.39. The maximum Gasteiger partial charge on any atom is 0.416 e. The normalized spacial score (nSPS) is 16.8. The lowest BCUT2D eigenvalue weighted by Crippen LogP contribution is -2.11. The number of aliphatic hydroxyl groups excluding tert-OH is 1. The Morgan fingerprint density at radius 3 is 2.62 bits per heavy atom. The fourth-order valence-corrected chi connectivity index (χ4v) is 2.94. The summed E-state index contributed by atoms with van der Waals surface area (Å²) >= 11 is 0. The van der Waals surface area contributed by atoms with Gasteiger partial charge in [-0.1, -0.05) is 12.7 Å². The first-order valence-electron chi connectivity index (χ1n) is 7.31. The van der Waals surface area contributed by atoms with E-state index in [0.717, 1.165) is 12.1 Å². The van der Waals surface area contributed by atoms with Crippen molar-refractivity contribution in [3.8, 4) is 11.5 Å². The van der Waals surface area contributed by atoms with Gasteiger partial charge in [-0.3, -0.25) is 0 Å². The molecule has 0 amide bonds. The Hall–Kier alpha value is -2.34. The zero-order chi connectivity index (χ0) is 17.5. The summed E-state index contributed by atoms with van der Waals surface area (Å²) < 4.78 is 58.5. The van der Waals surface area contributed by atoms with Crippen molar-refractivity contribution in [1.29, 1.82) is 0 Å². The number of rotatable bonds is 3. The molecule has 0 spiro atoms. The standard InChI is InChI=1S/C18H14F4O2/c1-2-10-7-11(19)9-12(8-10)24-16-6-4-14(18(20,21)22)17-13(16)3-5-15(17)23/h2,4,6-9,15,23H,1,3,5H2. The van der Waals surface area contributed by atoms with E-state index in [9.17, 15) is 22.7 Å². The molecule has 3 rings (SSSR count). The highest BCUT2D eigenvalue weighted by atomic mass is 19.4. The number of alkyl halides is 3. The minimum absolute atomic E-state index is 0.152. The zero-order valence-electron chi connectivity index (χ0n) is 12.5. The topological polar surface area (TPSA) is 29.5 Å². The average molecular weight is 338 g/mol. The Morgan fingerprint density at radius 1 is 1.21 bits per heavy atom. The van der Waals surface area contributed by atoms with E-state index < -0.39 is 23.7 Å². The van der Waals surface area contributed by atoms with Gasteiger partial charge in [0.1, 0.15) is 17.3 Å². The first-order chi connectivity index (χ1) is 11.3. The van der Waals surface area contributed by atoms with Crippen LogP contribution in [-0.4, -0.2) is 5.11 Å². The molecule has 0 aliphatic heterocycles. The number of halogens is 4. The van der Waals surface area contributed by atoms with E-state index in [2.05, 4.69) is 6.58 Å². The smallest absolute Gasteiger partial charge is 0.416 e. The van der Waals surface area contributed by atoms with E-state index in [1.807, 2.05) is 0 Å². The molecule has 0 saturated carbocycles. The number of benzene rings is 2. The second-order valence-electron chi connectivity index (χ2n) is 5.58. The third kappa shape index (κ3) is 3.01. The van der Waals surface area contributed by atoms with Crippen molar-refractivity contribution >= 4 is 6.08 Å². The summed E-state index contributed by atoms with van der Waals surface area (Å²) in [6.07, 6.45) is -3.84. The van der Waals surface area contributed by atoms with Crippen molar-refractivity contribution in [3.05, 3.63) is 65.0 Å². The quantitative estimate of drug-likeness (QED) is 0.774. The Labute approximate surface area is 136 Å². The monoisotopic (exact) mass is 338 g/mol. The highest BCUT2D eigenvalue weighted by molar-refractivity contribution is 5.54. The van der Waals surface area contributed by atoms with Crippen LogP contribution in [0.1, 0.15) is 34.8 Å². The van der Waals surface area contributed by atoms with Crippen LogP contribution in [0.15, 0.2) is 36.9 Å². The Morgan fingerprint density at radius 2 is 1.96 bits per heavy atom. The van der Waals surface area contributed by atoms with Gasteiger partial charge in [0, 0.05) is 11.6 Å². The second-order valence-corrected chi connectivity index (χ2v) is 5.58. The lowest BCUT2D eigenvalue weighted by atomic mass is 10.0. The molecule has 1 N–H and O–H groups in total. The average Bonchev–Trinajstić information content (AvgIpc) is 2.88. The van der Waals surface area contributed by atoms with Gasteiger partial charge in [-0.15, -0.1) is 0 Å². The molecular weight excluding hydrogens is 324 g/mol. The predicted octanol–water partition coefficient (Wildman–Crippen LogP) is 5.26. The van der Waals surface area contributed by atoms with Crippen LogP contribution in [0.2, 0.25) is 0 Å². The Kier molecular flexibility index (Phi) is 4.09. The van der Waals surface area contributed by atoms with Crippen LogP contribution in [0.3, 0.4) is 0 Å². The number of fused-ring (bicyclic) bond motifs is 1. The van der Waals surface area contributed by atoms with Crippen molar-refractivity contribution in [3.63, 3.8) is 0 Å². The minimum atomic E-state index is -4.55. The summed E-state index contributed by atoms with van der Waals surface area (Å²) in [5, 5.41) is 9.91. The van der Waals surface area contributed by atoms with Crippen molar-refractivity contribution in [1.82, 2.24) is 0 Å². The second kappa shape index (κ2) is 5.94. The maximum atomic E-state index is 13.6. The molecule has 0 heterocycles. The summed E-state index contributed by atoms with van der Waals surface area (Å²) in [7, 11) is 0. The summed E-state index contributed by atoms with van der Waals surface area (Å²) in [6, 6.07) is 6.03. The van der Waals surface area contributed by atoms with E-state index in [4.69, 9.17) is 4.74 Å². The molecule has 2 aromatic carbocycles. The van der Waals surface area contributed by atoms with Crippen molar-refractivity contribution in [2.45, 2.75) is 25.1 Å². The molecule has 0 saturated heterocycles. The molecular formula is C18H14F4O2. The third-order valence-corrected chi connectivity index (χ3v) is 3.98. The lowest BCUT2D eigenvalue weighted by Gasteiger charge is -2.17. The van der Waals surface area contributed by atoms with Crippen LogP contribution < -0.4 is 4.74 Å². The summed E-state index contributed by atoms with van der Waals surface area (Å²) in [5.41, 5.74) is -0.212. The van der Waals surface area contributed by atoms with Crippen molar-refractivity contribution in [2.75, 3.05) is 0 Å². The number of ether oxygens (including phenoxy) is 1. The third-order valence-electron chi connectivity index (χ3n) is 3.98. The fraction of sp³-hybridized carbons (Fsp3) is 0.222. The van der Waals surface area contributed by atoms with Gasteiger partial charge < -0.3 is 9.84 Å². The Balaban J connectivity index is 2.05. The van der Waals surface area contributed by atoms with Crippen LogP contribution in [0.25, 0.3) is 6.08 Å². The first kappa shape index (κ1) is 16.5. The molecule has 1 aliphatic carbocycles. The van der Waals surface area contributed by atoms with Crippen LogP contribution in [0.5, 0.6) is 11.5 Å². The lowest BCUT2D eigenvalue weighted by molar-refractivity contribution is -0.139. The van der Waals surface area contributed by atoms with Gasteiger partial charge in [0.05, 0.1) is 11.7 Å². The van der Waals surface area contributed by atoms with E-state index in [0.29, 0.717) is 11.1 Å². The molecule has 6 heteroatoms. The van der Waals surface area contributed by atoms with Gasteiger partial charge in [-0.05, 0) is 48.2 Å².